The number of pyridine rings is 1. The molecule has 0 saturated carbocycles. The monoisotopic (exact) mass is 397 g/mol. The molecule has 4 rings (SSSR count). The Balaban J connectivity index is 1.79. The number of hydrogen-bond acceptors (Lipinski definition) is 4. The summed E-state index contributed by atoms with van der Waals surface area (Å²) in [6.07, 6.45) is -3.00. The lowest BCUT2D eigenvalue weighted by atomic mass is 10.1. The van der Waals surface area contributed by atoms with Crippen molar-refractivity contribution in [1.82, 2.24) is 4.98 Å². The van der Waals surface area contributed by atoms with Gasteiger partial charge in [0.05, 0.1) is 35.9 Å². The number of aromatic nitrogens is 1. The third-order valence-electron chi connectivity index (χ3n) is 4.41. The minimum absolute atomic E-state index is 0.0488. The highest BCUT2D eigenvalue weighted by molar-refractivity contribution is 6.56. The number of alkyl halides is 3. The molecule has 1 aliphatic rings. The average molecular weight is 397 g/mol. The first-order chi connectivity index (χ1) is 13.9. The Hall–Kier alpha value is -3.68. The summed E-state index contributed by atoms with van der Waals surface area (Å²) in [5, 5.41) is 0. The number of rotatable bonds is 3. The van der Waals surface area contributed by atoms with Gasteiger partial charge in [0.25, 0.3) is 5.91 Å². The standard InChI is InChI=1S/C21H14F3N3O2/c1-29-18-10-9-15(12-25-18)27-17-8-3-2-7-16(17)19(20(27)28)26-14-6-4-5-13(11-14)21(22,23)24/h2-12H,1H3. The first-order valence-corrected chi connectivity index (χ1v) is 8.58. The van der Waals surface area contributed by atoms with E-state index in [9.17, 15) is 18.0 Å². The zero-order valence-electron chi connectivity index (χ0n) is 15.1. The fraction of sp³-hybridized carbons (Fsp3) is 0.0952. The Kier molecular flexibility index (Phi) is 4.54. The fourth-order valence-electron chi connectivity index (χ4n) is 3.07. The van der Waals surface area contributed by atoms with E-state index in [2.05, 4.69) is 9.98 Å². The van der Waals surface area contributed by atoms with Crippen molar-refractivity contribution in [2.24, 2.45) is 4.99 Å². The molecule has 0 saturated heterocycles. The molecule has 0 fully saturated rings. The lowest BCUT2D eigenvalue weighted by molar-refractivity contribution is -0.137. The predicted molar refractivity (Wildman–Crippen MR) is 102 cm³/mol. The van der Waals surface area contributed by atoms with Crippen LogP contribution in [0.2, 0.25) is 0 Å². The van der Waals surface area contributed by atoms with Gasteiger partial charge in [-0.25, -0.2) is 9.98 Å². The van der Waals surface area contributed by atoms with Gasteiger partial charge in [0.15, 0.2) is 0 Å². The third kappa shape index (κ3) is 3.44. The molecule has 1 aromatic heterocycles. The second-order valence-electron chi connectivity index (χ2n) is 6.22. The predicted octanol–water partition coefficient (Wildman–Crippen LogP) is 4.91. The van der Waals surface area contributed by atoms with Gasteiger partial charge < -0.3 is 4.74 Å². The quantitative estimate of drug-likeness (QED) is 0.631. The summed E-state index contributed by atoms with van der Waals surface area (Å²) in [5.41, 5.74) is 0.899. The third-order valence-corrected chi connectivity index (χ3v) is 4.41. The van der Waals surface area contributed by atoms with Gasteiger partial charge in [-0.3, -0.25) is 9.69 Å². The molecule has 29 heavy (non-hydrogen) atoms. The van der Waals surface area contributed by atoms with Crippen molar-refractivity contribution in [3.63, 3.8) is 0 Å². The molecule has 3 aromatic rings. The highest BCUT2D eigenvalue weighted by atomic mass is 19.4. The van der Waals surface area contributed by atoms with Gasteiger partial charge in [-0.2, -0.15) is 13.2 Å². The summed E-state index contributed by atoms with van der Waals surface area (Å²) in [6, 6.07) is 14.8. The Morgan fingerprint density at radius 2 is 1.83 bits per heavy atom. The van der Waals surface area contributed by atoms with E-state index in [1.807, 2.05) is 0 Å². The molecule has 146 valence electrons. The van der Waals surface area contributed by atoms with Crippen molar-refractivity contribution in [1.29, 1.82) is 0 Å². The number of benzene rings is 2. The van der Waals surface area contributed by atoms with Crippen molar-refractivity contribution >= 4 is 28.7 Å². The number of carbonyl (C=O) groups excluding carboxylic acids is 1. The maximum atomic E-state index is 13.1. The lowest BCUT2D eigenvalue weighted by Gasteiger charge is -2.16. The van der Waals surface area contributed by atoms with Gasteiger partial charge in [-0.05, 0) is 30.3 Å². The summed E-state index contributed by atoms with van der Waals surface area (Å²) < 4.78 is 44.0. The molecule has 2 heterocycles. The maximum Gasteiger partial charge on any atom is 0.416 e. The zero-order valence-corrected chi connectivity index (χ0v) is 15.1. The van der Waals surface area contributed by atoms with Crippen LogP contribution in [0.4, 0.5) is 30.2 Å². The van der Waals surface area contributed by atoms with Crippen LogP contribution < -0.4 is 9.64 Å². The van der Waals surface area contributed by atoms with Gasteiger partial charge in [0.2, 0.25) is 5.88 Å². The molecule has 0 bridgehead atoms. The molecule has 5 nitrogen and oxygen atoms in total. The normalized spacial score (nSPS) is 15.0. The molecule has 1 aliphatic heterocycles. The Morgan fingerprint density at radius 3 is 2.52 bits per heavy atom. The number of methoxy groups -OCH3 is 1. The molecular weight excluding hydrogens is 383 g/mol. The van der Waals surface area contributed by atoms with Crippen LogP contribution in [0.5, 0.6) is 5.88 Å². The SMILES string of the molecule is COc1ccc(N2C(=O)C(=Nc3cccc(C(F)(F)F)c3)c3ccccc32)cn1. The van der Waals surface area contributed by atoms with Crippen molar-refractivity contribution in [3.05, 3.63) is 78.0 Å². The van der Waals surface area contributed by atoms with Crippen molar-refractivity contribution in [2.45, 2.75) is 6.18 Å². The van der Waals surface area contributed by atoms with Crippen molar-refractivity contribution in [2.75, 3.05) is 12.0 Å². The fourth-order valence-corrected chi connectivity index (χ4v) is 3.07. The van der Waals surface area contributed by atoms with Crippen molar-refractivity contribution < 1.29 is 22.7 Å². The van der Waals surface area contributed by atoms with Gasteiger partial charge in [-0.1, -0.05) is 24.3 Å². The molecule has 0 N–H and O–H groups in total. The number of hydrogen-bond donors (Lipinski definition) is 0. The molecule has 0 aliphatic carbocycles. The van der Waals surface area contributed by atoms with E-state index in [-0.39, 0.29) is 11.4 Å². The smallest absolute Gasteiger partial charge is 0.416 e. The molecule has 0 atom stereocenters. The Morgan fingerprint density at radius 1 is 1.03 bits per heavy atom. The molecular formula is C21H14F3N3O2. The number of aliphatic imine (C=N–C) groups is 1. The number of amides is 1. The molecule has 2 aromatic carbocycles. The number of para-hydroxylation sites is 1. The van der Waals surface area contributed by atoms with Crippen LogP contribution in [0, 0.1) is 0 Å². The number of fused-ring (bicyclic) bond motifs is 1. The number of anilines is 2. The second-order valence-corrected chi connectivity index (χ2v) is 6.22. The van der Waals surface area contributed by atoms with E-state index in [1.54, 1.807) is 36.4 Å². The van der Waals surface area contributed by atoms with Gasteiger partial charge in [0, 0.05) is 11.6 Å². The number of ether oxygens (including phenoxy) is 1. The van der Waals surface area contributed by atoms with Crippen LogP contribution in [-0.2, 0) is 11.0 Å². The maximum absolute atomic E-state index is 13.1. The van der Waals surface area contributed by atoms with Crippen LogP contribution in [0.3, 0.4) is 0 Å². The zero-order chi connectivity index (χ0) is 20.6. The Bertz CT molecular complexity index is 1110. The highest BCUT2D eigenvalue weighted by Gasteiger charge is 2.35. The highest BCUT2D eigenvalue weighted by Crippen LogP contribution is 2.37. The van der Waals surface area contributed by atoms with Crippen LogP contribution >= 0.6 is 0 Å². The molecule has 8 heteroatoms. The minimum Gasteiger partial charge on any atom is -0.481 e. The topological polar surface area (TPSA) is 54.8 Å². The summed E-state index contributed by atoms with van der Waals surface area (Å²) in [4.78, 5) is 22.9. The van der Waals surface area contributed by atoms with Crippen LogP contribution in [0.1, 0.15) is 11.1 Å². The van der Waals surface area contributed by atoms with Gasteiger partial charge >= 0.3 is 6.18 Å². The van der Waals surface area contributed by atoms with E-state index in [0.717, 1.165) is 12.1 Å². The summed E-state index contributed by atoms with van der Waals surface area (Å²) >= 11 is 0. The van der Waals surface area contributed by atoms with E-state index < -0.39 is 17.6 Å². The summed E-state index contributed by atoms with van der Waals surface area (Å²) in [6.45, 7) is 0. The van der Waals surface area contributed by atoms with Gasteiger partial charge in [0.1, 0.15) is 5.71 Å². The van der Waals surface area contributed by atoms with Crippen LogP contribution in [0.25, 0.3) is 0 Å². The molecule has 0 radical (unpaired) electrons. The lowest BCUT2D eigenvalue weighted by Crippen LogP contribution is -2.25. The number of halogens is 3. The number of carbonyl (C=O) groups is 1. The average Bonchev–Trinajstić information content (AvgIpc) is 2.99. The molecule has 0 spiro atoms. The van der Waals surface area contributed by atoms with E-state index in [0.29, 0.717) is 22.8 Å². The minimum atomic E-state index is -4.49. The van der Waals surface area contributed by atoms with E-state index >= 15 is 0 Å². The first kappa shape index (κ1) is 18.7. The summed E-state index contributed by atoms with van der Waals surface area (Å²) in [5.74, 6) is -0.0536. The van der Waals surface area contributed by atoms with Crippen molar-refractivity contribution in [3.8, 4) is 5.88 Å². The largest absolute Gasteiger partial charge is 0.481 e. The first-order valence-electron chi connectivity index (χ1n) is 8.58. The summed E-state index contributed by atoms with van der Waals surface area (Å²) in [7, 11) is 1.48. The Labute approximate surface area is 164 Å². The number of nitrogens with zero attached hydrogens (tertiary/aromatic N) is 3. The molecule has 0 unspecified atom stereocenters. The van der Waals surface area contributed by atoms with Crippen LogP contribution in [0.15, 0.2) is 71.9 Å². The van der Waals surface area contributed by atoms with Crippen LogP contribution in [-0.4, -0.2) is 23.7 Å². The van der Waals surface area contributed by atoms with E-state index in [4.69, 9.17) is 4.74 Å². The molecule has 1 amide bonds. The van der Waals surface area contributed by atoms with E-state index in [1.165, 1.54) is 30.3 Å². The second kappa shape index (κ2) is 7.05. The van der Waals surface area contributed by atoms with Gasteiger partial charge in [-0.15, -0.1) is 0 Å².